The first kappa shape index (κ1) is 21.6. The maximum atomic E-state index is 11.7. The molecule has 0 aromatic carbocycles. The molecule has 0 bridgehead atoms. The van der Waals surface area contributed by atoms with Gasteiger partial charge in [0.1, 0.15) is 12.2 Å². The van der Waals surface area contributed by atoms with Gasteiger partial charge in [0.2, 0.25) is 5.91 Å². The average molecular weight is 404 g/mol. The smallest absolute Gasteiger partial charge is 0.222 e. The zero-order valence-electron chi connectivity index (χ0n) is 17.9. The monoisotopic (exact) mass is 403 g/mol. The van der Waals surface area contributed by atoms with Crippen molar-refractivity contribution in [1.82, 2.24) is 30.3 Å². The van der Waals surface area contributed by atoms with Gasteiger partial charge in [-0.1, -0.05) is 26.2 Å². The van der Waals surface area contributed by atoms with Gasteiger partial charge < -0.3 is 20.1 Å². The van der Waals surface area contributed by atoms with Crippen molar-refractivity contribution in [3.8, 4) is 0 Å². The number of hydrogen-bond donors (Lipinski definition) is 2. The van der Waals surface area contributed by atoms with Gasteiger partial charge in [-0.2, -0.15) is 0 Å². The van der Waals surface area contributed by atoms with Crippen molar-refractivity contribution in [2.75, 3.05) is 32.7 Å². The fourth-order valence-electron chi connectivity index (χ4n) is 4.22. The number of likely N-dealkylation sites (tertiary alicyclic amines) is 1. The number of rotatable bonds is 10. The molecule has 2 heterocycles. The predicted octanol–water partition coefficient (Wildman–Crippen LogP) is 1.97. The summed E-state index contributed by atoms with van der Waals surface area (Å²) in [5.74, 6) is 2.91. The van der Waals surface area contributed by atoms with Crippen LogP contribution in [-0.2, 0) is 17.8 Å². The first-order valence-corrected chi connectivity index (χ1v) is 11.4. The molecule has 0 unspecified atom stereocenters. The lowest BCUT2D eigenvalue weighted by Crippen LogP contribution is -2.40. The molecule has 29 heavy (non-hydrogen) atoms. The second-order valence-corrected chi connectivity index (χ2v) is 8.18. The molecule has 2 aliphatic rings. The van der Waals surface area contributed by atoms with Crippen LogP contribution in [-0.4, -0.2) is 64.3 Å². The molecule has 2 N–H and O–H groups in total. The number of nitrogens with zero attached hydrogens (tertiary/aromatic N) is 5. The molecule has 8 heteroatoms. The summed E-state index contributed by atoms with van der Waals surface area (Å²) in [5.41, 5.74) is 0. The highest BCUT2D eigenvalue weighted by Crippen LogP contribution is 2.23. The van der Waals surface area contributed by atoms with Crippen molar-refractivity contribution in [2.45, 2.75) is 71.3 Å². The second-order valence-electron chi connectivity index (χ2n) is 8.18. The molecule has 8 nitrogen and oxygen atoms in total. The van der Waals surface area contributed by atoms with E-state index in [0.717, 1.165) is 70.3 Å². The van der Waals surface area contributed by atoms with E-state index in [0.29, 0.717) is 18.2 Å². The van der Waals surface area contributed by atoms with Gasteiger partial charge in [-0.05, 0) is 31.6 Å². The number of carbonyl (C=O) groups excluding carboxylic acids is 1. The summed E-state index contributed by atoms with van der Waals surface area (Å²) in [7, 11) is 0. The Morgan fingerprint density at radius 2 is 2.00 bits per heavy atom. The number of hydrogen-bond acceptors (Lipinski definition) is 4. The highest BCUT2D eigenvalue weighted by atomic mass is 16.2. The van der Waals surface area contributed by atoms with Crippen LogP contribution in [0.5, 0.6) is 0 Å². The van der Waals surface area contributed by atoms with E-state index in [1.54, 1.807) is 6.33 Å². The van der Waals surface area contributed by atoms with Crippen LogP contribution in [0, 0.1) is 5.92 Å². The van der Waals surface area contributed by atoms with Crippen molar-refractivity contribution in [2.24, 2.45) is 10.9 Å². The minimum Gasteiger partial charge on any atom is -0.356 e. The van der Waals surface area contributed by atoms with Crippen LogP contribution >= 0.6 is 0 Å². The van der Waals surface area contributed by atoms with Gasteiger partial charge in [0, 0.05) is 52.1 Å². The molecule has 1 aromatic heterocycles. The highest BCUT2D eigenvalue weighted by molar-refractivity contribution is 5.80. The molecular weight excluding hydrogens is 366 g/mol. The van der Waals surface area contributed by atoms with E-state index in [2.05, 4.69) is 32.3 Å². The zero-order chi connectivity index (χ0) is 20.3. The number of nitrogens with one attached hydrogen (secondary N) is 2. The SMILES string of the molecule is CCc1nncn1CCNC(=NCC1CCCCC1)NCCCN1CCCC1=O. The molecule has 3 rings (SSSR count). The number of aliphatic imine (C=N–C) groups is 1. The second kappa shape index (κ2) is 11.8. The van der Waals surface area contributed by atoms with Gasteiger partial charge in [-0.3, -0.25) is 9.79 Å². The predicted molar refractivity (Wildman–Crippen MR) is 115 cm³/mol. The van der Waals surface area contributed by atoms with E-state index in [1.165, 1.54) is 32.1 Å². The van der Waals surface area contributed by atoms with E-state index < -0.39 is 0 Å². The molecule has 1 saturated carbocycles. The molecule has 162 valence electrons. The molecule has 1 amide bonds. The van der Waals surface area contributed by atoms with Crippen LogP contribution < -0.4 is 10.6 Å². The summed E-state index contributed by atoms with van der Waals surface area (Å²) >= 11 is 0. The molecule has 0 radical (unpaired) electrons. The quantitative estimate of drug-likeness (QED) is 0.354. The molecule has 1 aliphatic carbocycles. The summed E-state index contributed by atoms with van der Waals surface area (Å²) in [6.07, 6.45) is 12.0. The molecule has 1 aromatic rings. The third-order valence-electron chi connectivity index (χ3n) is 5.96. The zero-order valence-corrected chi connectivity index (χ0v) is 17.9. The van der Waals surface area contributed by atoms with Crippen LogP contribution in [0.3, 0.4) is 0 Å². The largest absolute Gasteiger partial charge is 0.356 e. The number of amides is 1. The van der Waals surface area contributed by atoms with Crippen LogP contribution in [0.25, 0.3) is 0 Å². The van der Waals surface area contributed by atoms with Gasteiger partial charge in [-0.25, -0.2) is 0 Å². The summed E-state index contributed by atoms with van der Waals surface area (Å²) < 4.78 is 2.09. The van der Waals surface area contributed by atoms with Gasteiger partial charge in [0.15, 0.2) is 5.96 Å². The topological polar surface area (TPSA) is 87.4 Å². The van der Waals surface area contributed by atoms with Crippen molar-refractivity contribution in [1.29, 1.82) is 0 Å². The lowest BCUT2D eigenvalue weighted by Gasteiger charge is -2.21. The van der Waals surface area contributed by atoms with Gasteiger partial charge in [0.05, 0.1) is 0 Å². The van der Waals surface area contributed by atoms with Crippen LogP contribution in [0.15, 0.2) is 11.3 Å². The number of carbonyl (C=O) groups is 1. The normalized spacial score (nSPS) is 18.4. The van der Waals surface area contributed by atoms with Crippen LogP contribution in [0.1, 0.15) is 64.1 Å². The Morgan fingerprint density at radius 3 is 2.76 bits per heavy atom. The molecule has 1 saturated heterocycles. The number of guanidine groups is 1. The Morgan fingerprint density at radius 1 is 1.17 bits per heavy atom. The minimum absolute atomic E-state index is 0.301. The standard InChI is InChI=1S/C21H37N7O/c1-2-19-26-25-17-28(19)15-12-23-21(24-16-18-8-4-3-5-9-18)22-11-7-14-27-13-6-10-20(27)29/h17-18H,2-16H2,1H3,(H2,22,23,24). The Labute approximate surface area is 174 Å². The first-order valence-electron chi connectivity index (χ1n) is 11.4. The maximum Gasteiger partial charge on any atom is 0.222 e. The summed E-state index contributed by atoms with van der Waals surface area (Å²) in [6.45, 7) is 7.17. The molecule has 0 atom stereocenters. The van der Waals surface area contributed by atoms with E-state index in [4.69, 9.17) is 4.99 Å². The van der Waals surface area contributed by atoms with Crippen molar-refractivity contribution in [3.63, 3.8) is 0 Å². The number of aromatic nitrogens is 3. The fraction of sp³-hybridized carbons (Fsp3) is 0.810. The maximum absolute atomic E-state index is 11.7. The average Bonchev–Trinajstić information content (AvgIpc) is 3.38. The molecule has 2 fully saturated rings. The van der Waals surface area contributed by atoms with Crippen LogP contribution in [0.2, 0.25) is 0 Å². The summed E-state index contributed by atoms with van der Waals surface area (Å²) in [4.78, 5) is 18.6. The first-order chi connectivity index (χ1) is 14.3. The third kappa shape index (κ3) is 7.01. The lowest BCUT2D eigenvalue weighted by atomic mass is 9.89. The van der Waals surface area contributed by atoms with Gasteiger partial charge >= 0.3 is 0 Å². The van der Waals surface area contributed by atoms with E-state index >= 15 is 0 Å². The van der Waals surface area contributed by atoms with Gasteiger partial charge in [-0.15, -0.1) is 10.2 Å². The Kier molecular flexibility index (Phi) is 8.77. The van der Waals surface area contributed by atoms with E-state index in [-0.39, 0.29) is 0 Å². The Hall–Kier alpha value is -2.12. The Balaban J connectivity index is 1.44. The molecular formula is C21H37N7O. The van der Waals surface area contributed by atoms with Crippen molar-refractivity contribution >= 4 is 11.9 Å². The van der Waals surface area contributed by atoms with Gasteiger partial charge in [0.25, 0.3) is 0 Å². The third-order valence-corrected chi connectivity index (χ3v) is 5.96. The Bertz CT molecular complexity index is 651. The lowest BCUT2D eigenvalue weighted by molar-refractivity contribution is -0.127. The van der Waals surface area contributed by atoms with Crippen LogP contribution in [0.4, 0.5) is 0 Å². The fourth-order valence-corrected chi connectivity index (χ4v) is 4.22. The highest BCUT2D eigenvalue weighted by Gasteiger charge is 2.19. The van der Waals surface area contributed by atoms with E-state index in [9.17, 15) is 4.79 Å². The van der Waals surface area contributed by atoms with Crippen molar-refractivity contribution < 1.29 is 4.79 Å². The molecule has 1 aliphatic heterocycles. The summed E-state index contributed by atoms with van der Waals surface area (Å²) in [5, 5.41) is 15.1. The van der Waals surface area contributed by atoms with Crippen molar-refractivity contribution in [3.05, 3.63) is 12.2 Å². The van der Waals surface area contributed by atoms with E-state index in [1.807, 2.05) is 4.90 Å². The minimum atomic E-state index is 0.301. The molecule has 0 spiro atoms. The number of aryl methyl sites for hydroxylation is 1. The summed E-state index contributed by atoms with van der Waals surface area (Å²) in [6, 6.07) is 0.